The van der Waals surface area contributed by atoms with Crippen LogP contribution >= 0.6 is 0 Å². The van der Waals surface area contributed by atoms with E-state index in [1.165, 1.54) is 16.7 Å². The van der Waals surface area contributed by atoms with Crippen LogP contribution in [-0.2, 0) is 5.41 Å². The molecule has 0 saturated carbocycles. The minimum atomic E-state index is -0.233. The summed E-state index contributed by atoms with van der Waals surface area (Å²) >= 11 is 0. The lowest BCUT2D eigenvalue weighted by Gasteiger charge is -2.22. The van der Waals surface area contributed by atoms with Crippen molar-refractivity contribution in [2.24, 2.45) is 0 Å². The molecule has 2 heterocycles. The quantitative estimate of drug-likeness (QED) is 0.170. The molecule has 0 aliphatic heterocycles. The van der Waals surface area contributed by atoms with Gasteiger partial charge in [-0.2, -0.15) is 5.26 Å². The van der Waals surface area contributed by atoms with Gasteiger partial charge in [-0.1, -0.05) is 135 Å². The molecule has 0 fully saturated rings. The first-order chi connectivity index (χ1) is 27.9. The number of nitriles is 1. The van der Waals surface area contributed by atoms with E-state index in [-0.39, 0.29) is 5.41 Å². The lowest BCUT2D eigenvalue weighted by atomic mass is 9.81. The largest absolute Gasteiger partial charge is 0.256 e. The highest BCUT2D eigenvalue weighted by atomic mass is 15.0. The van der Waals surface area contributed by atoms with E-state index in [9.17, 15) is 5.26 Å². The SMILES string of the molecule is CC1(C)c2ccc(C#N)cc2-c2ccc(-c3cc(-c4ccc5cccnc5c4)cc(-c4nc(-c5ccccc5)nc(-c5ccc(-c6ccccc6)cc5)n4)c3)cc21. The summed E-state index contributed by atoms with van der Waals surface area (Å²) in [6, 6.07) is 61.1. The third kappa shape index (κ3) is 6.14. The van der Waals surface area contributed by atoms with Gasteiger partial charge in [0.2, 0.25) is 0 Å². The van der Waals surface area contributed by atoms with Gasteiger partial charge in [0, 0.05) is 33.7 Å². The van der Waals surface area contributed by atoms with Gasteiger partial charge in [0.15, 0.2) is 17.5 Å². The molecule has 5 heteroatoms. The van der Waals surface area contributed by atoms with Crippen molar-refractivity contribution in [2.45, 2.75) is 19.3 Å². The Kier molecular flexibility index (Phi) is 8.13. The summed E-state index contributed by atoms with van der Waals surface area (Å²) in [6.07, 6.45) is 1.83. The van der Waals surface area contributed by atoms with Crippen molar-refractivity contribution in [1.29, 1.82) is 5.26 Å². The molecule has 0 bridgehead atoms. The minimum absolute atomic E-state index is 0.233. The van der Waals surface area contributed by atoms with Crippen molar-refractivity contribution < 1.29 is 0 Å². The fourth-order valence-corrected chi connectivity index (χ4v) is 8.13. The van der Waals surface area contributed by atoms with Gasteiger partial charge in [0.05, 0.1) is 17.1 Å². The Hall–Kier alpha value is -7.55. The summed E-state index contributed by atoms with van der Waals surface area (Å²) in [5, 5.41) is 10.8. The Balaban J connectivity index is 1.15. The maximum Gasteiger partial charge on any atom is 0.164 e. The van der Waals surface area contributed by atoms with Gasteiger partial charge >= 0.3 is 0 Å². The first kappa shape index (κ1) is 34.0. The van der Waals surface area contributed by atoms with Crippen molar-refractivity contribution in [3.63, 3.8) is 0 Å². The van der Waals surface area contributed by atoms with Gasteiger partial charge < -0.3 is 0 Å². The van der Waals surface area contributed by atoms with Crippen LogP contribution < -0.4 is 0 Å². The number of pyridine rings is 1. The van der Waals surface area contributed by atoms with Crippen LogP contribution in [0.2, 0.25) is 0 Å². The van der Waals surface area contributed by atoms with Crippen LogP contribution in [0.3, 0.4) is 0 Å². The smallest absolute Gasteiger partial charge is 0.164 e. The molecule has 0 saturated heterocycles. The van der Waals surface area contributed by atoms with E-state index in [2.05, 4.69) is 140 Å². The zero-order valence-electron chi connectivity index (χ0n) is 31.5. The molecule has 5 nitrogen and oxygen atoms in total. The molecular weight excluding hydrogens is 695 g/mol. The van der Waals surface area contributed by atoms with Crippen LogP contribution in [0.5, 0.6) is 0 Å². The van der Waals surface area contributed by atoms with Gasteiger partial charge in [-0.15, -0.1) is 0 Å². The molecule has 2 aromatic heterocycles. The van der Waals surface area contributed by atoms with Crippen LogP contribution in [0.1, 0.15) is 30.5 Å². The number of hydrogen-bond acceptors (Lipinski definition) is 5. The lowest BCUT2D eigenvalue weighted by molar-refractivity contribution is 0.660. The topological polar surface area (TPSA) is 75.3 Å². The van der Waals surface area contributed by atoms with Crippen LogP contribution in [0.4, 0.5) is 0 Å². The summed E-state index contributed by atoms with van der Waals surface area (Å²) < 4.78 is 0. The molecule has 0 spiro atoms. The molecule has 7 aromatic carbocycles. The van der Waals surface area contributed by atoms with Crippen molar-refractivity contribution in [2.75, 3.05) is 0 Å². The summed E-state index contributed by atoms with van der Waals surface area (Å²) in [7, 11) is 0. The molecule has 0 unspecified atom stereocenters. The zero-order chi connectivity index (χ0) is 38.5. The Labute approximate surface area is 331 Å². The van der Waals surface area contributed by atoms with Gasteiger partial charge in [0.1, 0.15) is 0 Å². The molecule has 0 N–H and O–H groups in total. The van der Waals surface area contributed by atoms with E-state index >= 15 is 0 Å². The van der Waals surface area contributed by atoms with Crippen molar-refractivity contribution in [1.82, 2.24) is 19.9 Å². The summed E-state index contributed by atoms with van der Waals surface area (Å²) in [5.41, 5.74) is 15.3. The molecule has 9 aromatic rings. The molecule has 10 rings (SSSR count). The average Bonchev–Trinajstić information content (AvgIpc) is 3.51. The lowest BCUT2D eigenvalue weighted by Crippen LogP contribution is -2.15. The number of nitrogens with zero attached hydrogens (tertiary/aromatic N) is 5. The fourth-order valence-electron chi connectivity index (χ4n) is 8.13. The number of fused-ring (bicyclic) bond motifs is 4. The van der Waals surface area contributed by atoms with Gasteiger partial charge in [0.25, 0.3) is 0 Å². The molecule has 1 aliphatic rings. The van der Waals surface area contributed by atoms with Crippen molar-refractivity contribution in [3.8, 4) is 84.7 Å². The minimum Gasteiger partial charge on any atom is -0.256 e. The van der Waals surface area contributed by atoms with Crippen LogP contribution in [0.15, 0.2) is 176 Å². The second-order valence-corrected chi connectivity index (χ2v) is 15.1. The van der Waals surface area contributed by atoms with Crippen molar-refractivity contribution in [3.05, 3.63) is 193 Å². The standard InChI is InChI=1S/C52H35N5/c1-52(2)46-24-15-33(32-53)26-45(46)44-23-22-39(30-47(44)52)41-27-42(40-21-18-36-14-9-25-54-48(36)31-40)29-43(28-41)51-56-49(37-12-7-4-8-13-37)55-50(57-51)38-19-16-35(17-20-38)34-10-5-3-6-11-34/h3-31H,1-2H3. The summed E-state index contributed by atoms with van der Waals surface area (Å²) in [5.74, 6) is 1.80. The Morgan fingerprint density at radius 3 is 1.68 bits per heavy atom. The third-order valence-electron chi connectivity index (χ3n) is 11.2. The van der Waals surface area contributed by atoms with E-state index in [4.69, 9.17) is 15.0 Å². The highest BCUT2D eigenvalue weighted by Crippen LogP contribution is 2.50. The zero-order valence-corrected chi connectivity index (χ0v) is 31.5. The first-order valence-corrected chi connectivity index (χ1v) is 19.1. The molecule has 268 valence electrons. The number of hydrogen-bond donors (Lipinski definition) is 0. The highest BCUT2D eigenvalue weighted by molar-refractivity contribution is 5.89. The Bertz CT molecular complexity index is 3040. The van der Waals surface area contributed by atoms with Crippen LogP contribution in [-0.4, -0.2) is 19.9 Å². The summed E-state index contributed by atoms with van der Waals surface area (Å²) in [4.78, 5) is 20.0. The fraction of sp³-hybridized carbons (Fsp3) is 0.0577. The van der Waals surface area contributed by atoms with E-state index in [0.29, 0.717) is 23.0 Å². The Morgan fingerprint density at radius 1 is 0.421 bits per heavy atom. The van der Waals surface area contributed by atoms with Gasteiger partial charge in [-0.05, 0) is 104 Å². The monoisotopic (exact) mass is 729 g/mol. The second-order valence-electron chi connectivity index (χ2n) is 15.1. The summed E-state index contributed by atoms with van der Waals surface area (Å²) in [6.45, 7) is 4.53. The normalized spacial score (nSPS) is 12.5. The first-order valence-electron chi connectivity index (χ1n) is 19.1. The van der Waals surface area contributed by atoms with Crippen LogP contribution in [0, 0.1) is 11.3 Å². The Morgan fingerprint density at radius 2 is 0.982 bits per heavy atom. The maximum atomic E-state index is 9.69. The predicted molar refractivity (Wildman–Crippen MR) is 230 cm³/mol. The third-order valence-corrected chi connectivity index (χ3v) is 11.2. The van der Waals surface area contributed by atoms with E-state index < -0.39 is 0 Å². The number of rotatable bonds is 6. The van der Waals surface area contributed by atoms with E-state index in [1.807, 2.05) is 60.8 Å². The second kappa shape index (κ2) is 13.6. The van der Waals surface area contributed by atoms with E-state index in [0.717, 1.165) is 66.5 Å². The van der Waals surface area contributed by atoms with Crippen LogP contribution in [0.25, 0.3) is 89.6 Å². The molecule has 57 heavy (non-hydrogen) atoms. The van der Waals surface area contributed by atoms with Gasteiger partial charge in [-0.3, -0.25) is 4.98 Å². The molecule has 0 radical (unpaired) electrons. The van der Waals surface area contributed by atoms with Crippen molar-refractivity contribution >= 4 is 10.9 Å². The molecule has 1 aliphatic carbocycles. The number of aromatic nitrogens is 4. The van der Waals surface area contributed by atoms with Gasteiger partial charge in [-0.25, -0.2) is 15.0 Å². The molecule has 0 amide bonds. The average molecular weight is 730 g/mol. The highest BCUT2D eigenvalue weighted by Gasteiger charge is 2.35. The molecule has 0 atom stereocenters. The molecular formula is C52H35N5. The maximum absolute atomic E-state index is 9.69. The number of benzene rings is 7. The predicted octanol–water partition coefficient (Wildman–Crippen LogP) is 12.6. The van der Waals surface area contributed by atoms with E-state index in [1.54, 1.807) is 0 Å².